The Kier molecular flexibility index (Phi) is 5.85. The molecule has 1 saturated heterocycles. The van der Waals surface area contributed by atoms with Crippen LogP contribution in [0.25, 0.3) is 0 Å². The van der Waals surface area contributed by atoms with Crippen molar-refractivity contribution in [2.45, 2.75) is 76.3 Å². The quantitative estimate of drug-likeness (QED) is 0.750. The van der Waals surface area contributed by atoms with Crippen molar-refractivity contribution in [2.75, 3.05) is 19.6 Å². The minimum atomic E-state index is -0.510. The second-order valence-corrected chi connectivity index (χ2v) is 6.83. The van der Waals surface area contributed by atoms with E-state index in [1.807, 2.05) is 6.92 Å². The Balaban J connectivity index is 1.72. The molecule has 2 fully saturated rings. The molecule has 1 amide bonds. The lowest BCUT2D eigenvalue weighted by molar-refractivity contribution is -0.124. The van der Waals surface area contributed by atoms with E-state index in [0.717, 1.165) is 19.4 Å². The molecule has 1 heterocycles. The number of carbonyl (C=O) groups excluding carboxylic acids is 1. The van der Waals surface area contributed by atoms with Crippen molar-refractivity contribution >= 4 is 5.91 Å². The van der Waals surface area contributed by atoms with Crippen molar-refractivity contribution in [3.63, 3.8) is 0 Å². The largest absolute Gasteiger partial charge is 0.368 e. The Morgan fingerprint density at radius 2 is 1.80 bits per heavy atom. The van der Waals surface area contributed by atoms with E-state index in [4.69, 9.17) is 5.73 Å². The molecule has 3 N–H and O–H groups in total. The summed E-state index contributed by atoms with van der Waals surface area (Å²) in [6, 6.07) is 0.522. The average molecular weight is 281 g/mol. The second-order valence-electron chi connectivity index (χ2n) is 6.83. The van der Waals surface area contributed by atoms with Crippen molar-refractivity contribution < 1.29 is 4.79 Å². The van der Waals surface area contributed by atoms with Gasteiger partial charge >= 0.3 is 0 Å². The van der Waals surface area contributed by atoms with Crippen LogP contribution < -0.4 is 11.1 Å². The van der Waals surface area contributed by atoms with Gasteiger partial charge in [0.2, 0.25) is 5.91 Å². The number of primary amides is 1. The van der Waals surface area contributed by atoms with Crippen LogP contribution in [-0.2, 0) is 4.79 Å². The molecule has 0 aromatic carbocycles. The summed E-state index contributed by atoms with van der Waals surface area (Å²) in [5.41, 5.74) is 5.09. The van der Waals surface area contributed by atoms with Gasteiger partial charge in [-0.1, -0.05) is 19.3 Å². The van der Waals surface area contributed by atoms with Crippen LogP contribution >= 0.6 is 0 Å². The van der Waals surface area contributed by atoms with Crippen molar-refractivity contribution in [3.05, 3.63) is 0 Å². The lowest BCUT2D eigenvalue weighted by Crippen LogP contribution is -2.54. The zero-order valence-electron chi connectivity index (χ0n) is 13.0. The molecule has 2 rings (SSSR count). The molecule has 1 atom stereocenters. The summed E-state index contributed by atoms with van der Waals surface area (Å²) in [6.07, 6.45) is 11.1. The predicted molar refractivity (Wildman–Crippen MR) is 82.5 cm³/mol. The zero-order chi connectivity index (χ0) is 14.4. The minimum Gasteiger partial charge on any atom is -0.368 e. The van der Waals surface area contributed by atoms with Crippen LogP contribution in [0, 0.1) is 0 Å². The van der Waals surface area contributed by atoms with Crippen LogP contribution in [0.15, 0.2) is 0 Å². The van der Waals surface area contributed by atoms with Crippen molar-refractivity contribution in [3.8, 4) is 0 Å². The van der Waals surface area contributed by atoms with Gasteiger partial charge in [0, 0.05) is 6.04 Å². The fourth-order valence-electron chi connectivity index (χ4n) is 3.14. The summed E-state index contributed by atoms with van der Waals surface area (Å²) >= 11 is 0. The summed E-state index contributed by atoms with van der Waals surface area (Å²) in [5.74, 6) is -0.197. The van der Waals surface area contributed by atoms with Crippen LogP contribution in [0.3, 0.4) is 0 Å². The maximum atomic E-state index is 11.7. The summed E-state index contributed by atoms with van der Waals surface area (Å²) < 4.78 is 0. The normalized spacial score (nSPS) is 24.6. The van der Waals surface area contributed by atoms with Crippen LogP contribution in [0.2, 0.25) is 0 Å². The molecule has 1 aliphatic heterocycles. The highest BCUT2D eigenvalue weighted by Gasteiger charge is 2.36. The number of hydrogen-bond donors (Lipinski definition) is 2. The Hall–Kier alpha value is -0.610. The van der Waals surface area contributed by atoms with E-state index in [-0.39, 0.29) is 5.91 Å². The van der Waals surface area contributed by atoms with Crippen LogP contribution in [0.4, 0.5) is 0 Å². The molecule has 20 heavy (non-hydrogen) atoms. The molecule has 2 aliphatic rings. The Bertz CT molecular complexity index is 309. The number of rotatable bonds is 7. The van der Waals surface area contributed by atoms with E-state index in [1.165, 1.54) is 58.0 Å². The first-order chi connectivity index (χ1) is 9.60. The van der Waals surface area contributed by atoms with Gasteiger partial charge in [-0.25, -0.2) is 0 Å². The summed E-state index contributed by atoms with van der Waals surface area (Å²) in [6.45, 7) is 5.53. The third-order valence-electron chi connectivity index (χ3n) is 4.74. The summed E-state index contributed by atoms with van der Waals surface area (Å²) in [4.78, 5) is 14.3. The first kappa shape index (κ1) is 15.8. The van der Waals surface area contributed by atoms with Crippen molar-refractivity contribution in [1.29, 1.82) is 0 Å². The van der Waals surface area contributed by atoms with Gasteiger partial charge in [-0.3, -0.25) is 4.79 Å². The summed E-state index contributed by atoms with van der Waals surface area (Å²) in [5, 5.41) is 3.43. The van der Waals surface area contributed by atoms with E-state index < -0.39 is 5.54 Å². The number of carbonyl (C=O) groups is 1. The van der Waals surface area contributed by atoms with Crippen LogP contribution in [-0.4, -0.2) is 42.0 Å². The fourth-order valence-corrected chi connectivity index (χ4v) is 3.14. The van der Waals surface area contributed by atoms with Gasteiger partial charge in [0.05, 0.1) is 5.54 Å². The van der Waals surface area contributed by atoms with Gasteiger partial charge in [-0.15, -0.1) is 0 Å². The molecular weight excluding hydrogens is 250 g/mol. The summed E-state index contributed by atoms with van der Waals surface area (Å²) in [7, 11) is 0. The third-order valence-corrected chi connectivity index (χ3v) is 4.74. The number of nitrogens with zero attached hydrogens (tertiary/aromatic N) is 1. The first-order valence-electron chi connectivity index (χ1n) is 8.40. The zero-order valence-corrected chi connectivity index (χ0v) is 13.0. The highest BCUT2D eigenvalue weighted by atomic mass is 16.1. The Morgan fingerprint density at radius 1 is 1.20 bits per heavy atom. The van der Waals surface area contributed by atoms with E-state index in [1.54, 1.807) is 0 Å². The lowest BCUT2D eigenvalue weighted by atomic mass is 9.94. The van der Waals surface area contributed by atoms with Gasteiger partial charge < -0.3 is 16.0 Å². The highest BCUT2D eigenvalue weighted by molar-refractivity contribution is 5.84. The number of amides is 1. The van der Waals surface area contributed by atoms with Gasteiger partial charge in [0.1, 0.15) is 0 Å². The van der Waals surface area contributed by atoms with Crippen molar-refractivity contribution in [2.24, 2.45) is 5.73 Å². The molecule has 0 aromatic rings. The number of hydrogen-bond acceptors (Lipinski definition) is 3. The van der Waals surface area contributed by atoms with Gasteiger partial charge in [-0.2, -0.15) is 0 Å². The number of nitrogens with one attached hydrogen (secondary N) is 1. The van der Waals surface area contributed by atoms with E-state index in [2.05, 4.69) is 10.2 Å². The molecule has 1 aliphatic carbocycles. The fraction of sp³-hybridized carbons (Fsp3) is 0.938. The highest BCUT2D eigenvalue weighted by Crippen LogP contribution is 2.25. The average Bonchev–Trinajstić information content (AvgIpc) is 3.15. The smallest absolute Gasteiger partial charge is 0.237 e. The molecular formula is C16H31N3O. The molecule has 4 nitrogen and oxygen atoms in total. The standard InChI is InChI=1S/C16H31N3O/c1-16(15(17)20,18-14-8-9-14)10-7-13-19-11-5-3-2-4-6-12-19/h14,18H,2-13H2,1H3,(H2,17,20). The Morgan fingerprint density at radius 3 is 2.35 bits per heavy atom. The monoisotopic (exact) mass is 281 g/mol. The van der Waals surface area contributed by atoms with Crippen molar-refractivity contribution in [1.82, 2.24) is 10.2 Å². The van der Waals surface area contributed by atoms with Gasteiger partial charge in [0.25, 0.3) is 0 Å². The minimum absolute atomic E-state index is 0.197. The SMILES string of the molecule is CC(CCCN1CCCCCCC1)(NC1CC1)C(N)=O. The molecule has 4 heteroatoms. The van der Waals surface area contributed by atoms with Crippen LogP contribution in [0.5, 0.6) is 0 Å². The molecule has 0 radical (unpaired) electrons. The molecule has 1 saturated carbocycles. The first-order valence-corrected chi connectivity index (χ1v) is 8.40. The number of likely N-dealkylation sites (tertiary alicyclic amines) is 1. The molecule has 0 aromatic heterocycles. The predicted octanol–water partition coefficient (Wildman–Crippen LogP) is 2.03. The maximum Gasteiger partial charge on any atom is 0.237 e. The maximum absolute atomic E-state index is 11.7. The third kappa shape index (κ3) is 5.06. The topological polar surface area (TPSA) is 58.4 Å². The van der Waals surface area contributed by atoms with Gasteiger partial charge in [0.15, 0.2) is 0 Å². The van der Waals surface area contributed by atoms with E-state index >= 15 is 0 Å². The molecule has 0 bridgehead atoms. The Labute approximate surface area is 123 Å². The van der Waals surface area contributed by atoms with E-state index in [9.17, 15) is 4.79 Å². The number of nitrogens with two attached hydrogens (primary N) is 1. The molecule has 0 spiro atoms. The van der Waals surface area contributed by atoms with Gasteiger partial charge in [-0.05, 0) is 65.1 Å². The second kappa shape index (κ2) is 7.41. The van der Waals surface area contributed by atoms with Crippen LogP contribution in [0.1, 0.15) is 64.7 Å². The molecule has 116 valence electrons. The molecule has 1 unspecified atom stereocenters. The van der Waals surface area contributed by atoms with E-state index in [0.29, 0.717) is 6.04 Å². The lowest BCUT2D eigenvalue weighted by Gasteiger charge is -2.30.